The Balaban J connectivity index is 1.24. The van der Waals surface area contributed by atoms with E-state index in [2.05, 4.69) is 150 Å². The van der Waals surface area contributed by atoms with Crippen LogP contribution in [-0.4, -0.2) is 19.5 Å². The number of hydrogen-bond acceptors (Lipinski definition) is 3. The SMILES string of the molecule is c1ccc(-c2ccc(-c3nc(-c4ccccc4)nc(-c4cccc5c4c4ccccc4n5-c4cccc(-c5ccccc5)c4)n3)cc2)cc1. The van der Waals surface area contributed by atoms with Crippen molar-refractivity contribution in [3.05, 3.63) is 182 Å². The van der Waals surface area contributed by atoms with Gasteiger partial charge in [-0.15, -0.1) is 0 Å². The lowest BCUT2D eigenvalue weighted by atomic mass is 10.0. The number of aromatic nitrogens is 4. The van der Waals surface area contributed by atoms with Crippen LogP contribution in [0.4, 0.5) is 0 Å². The van der Waals surface area contributed by atoms with Crippen LogP contribution in [0.5, 0.6) is 0 Å². The third-order valence-electron chi connectivity index (χ3n) is 9.07. The van der Waals surface area contributed by atoms with Gasteiger partial charge in [0, 0.05) is 33.2 Å². The van der Waals surface area contributed by atoms with Crippen molar-refractivity contribution < 1.29 is 0 Å². The number of rotatable bonds is 6. The Morgan fingerprint density at radius 1 is 0.327 bits per heavy atom. The largest absolute Gasteiger partial charge is 0.309 e. The van der Waals surface area contributed by atoms with Crippen LogP contribution >= 0.6 is 0 Å². The van der Waals surface area contributed by atoms with Crippen molar-refractivity contribution in [3.8, 4) is 62.1 Å². The second-order valence-electron chi connectivity index (χ2n) is 12.1. The van der Waals surface area contributed by atoms with Gasteiger partial charge in [-0.3, -0.25) is 0 Å². The zero-order chi connectivity index (χ0) is 32.6. The van der Waals surface area contributed by atoms with Gasteiger partial charge in [-0.05, 0) is 46.5 Å². The Morgan fingerprint density at radius 3 is 1.49 bits per heavy atom. The van der Waals surface area contributed by atoms with Gasteiger partial charge < -0.3 is 4.57 Å². The highest BCUT2D eigenvalue weighted by Crippen LogP contribution is 2.39. The maximum absolute atomic E-state index is 5.16. The molecule has 0 bridgehead atoms. The average molecular weight is 627 g/mol. The van der Waals surface area contributed by atoms with E-state index in [1.165, 1.54) is 16.7 Å². The highest BCUT2D eigenvalue weighted by molar-refractivity contribution is 6.15. The fraction of sp³-hybridized carbons (Fsp3) is 0. The van der Waals surface area contributed by atoms with E-state index >= 15 is 0 Å². The molecule has 0 unspecified atom stereocenters. The van der Waals surface area contributed by atoms with Crippen molar-refractivity contribution in [1.29, 1.82) is 0 Å². The fourth-order valence-electron chi connectivity index (χ4n) is 6.72. The second-order valence-corrected chi connectivity index (χ2v) is 12.1. The van der Waals surface area contributed by atoms with Gasteiger partial charge in [0.15, 0.2) is 17.5 Å². The summed E-state index contributed by atoms with van der Waals surface area (Å²) in [5, 5.41) is 2.26. The van der Waals surface area contributed by atoms with Crippen LogP contribution in [0.15, 0.2) is 182 Å². The van der Waals surface area contributed by atoms with E-state index in [1.807, 2.05) is 36.4 Å². The van der Waals surface area contributed by atoms with Gasteiger partial charge in [0.2, 0.25) is 0 Å². The summed E-state index contributed by atoms with van der Waals surface area (Å²) >= 11 is 0. The van der Waals surface area contributed by atoms with E-state index in [9.17, 15) is 0 Å². The van der Waals surface area contributed by atoms with Crippen molar-refractivity contribution in [1.82, 2.24) is 19.5 Å². The Morgan fingerprint density at radius 2 is 0.796 bits per heavy atom. The molecule has 9 rings (SSSR count). The van der Waals surface area contributed by atoms with Crippen LogP contribution in [0.3, 0.4) is 0 Å². The molecule has 0 spiro atoms. The second kappa shape index (κ2) is 12.2. The number of nitrogens with zero attached hydrogens (tertiary/aromatic N) is 4. The highest BCUT2D eigenvalue weighted by Gasteiger charge is 2.19. The number of benzene rings is 7. The molecule has 7 aromatic carbocycles. The highest BCUT2D eigenvalue weighted by atomic mass is 15.0. The maximum Gasteiger partial charge on any atom is 0.164 e. The molecule has 9 aromatic rings. The summed E-state index contributed by atoms with van der Waals surface area (Å²) in [5.74, 6) is 1.92. The number of hydrogen-bond donors (Lipinski definition) is 0. The van der Waals surface area contributed by atoms with Gasteiger partial charge >= 0.3 is 0 Å². The summed E-state index contributed by atoms with van der Waals surface area (Å²) in [7, 11) is 0. The van der Waals surface area contributed by atoms with Crippen molar-refractivity contribution in [3.63, 3.8) is 0 Å². The Hall–Kier alpha value is -6.65. The van der Waals surface area contributed by atoms with Gasteiger partial charge in [0.1, 0.15) is 0 Å². The molecule has 230 valence electrons. The fourth-order valence-corrected chi connectivity index (χ4v) is 6.72. The summed E-state index contributed by atoms with van der Waals surface area (Å²) in [5.41, 5.74) is 10.9. The summed E-state index contributed by atoms with van der Waals surface area (Å²) in [6.45, 7) is 0. The van der Waals surface area contributed by atoms with Gasteiger partial charge in [-0.1, -0.05) is 158 Å². The lowest BCUT2D eigenvalue weighted by Gasteiger charge is -2.11. The van der Waals surface area contributed by atoms with E-state index in [0.717, 1.165) is 49.7 Å². The Bertz CT molecular complexity index is 2570. The third-order valence-corrected chi connectivity index (χ3v) is 9.07. The molecule has 0 aliphatic carbocycles. The molecule has 0 N–H and O–H groups in total. The number of fused-ring (bicyclic) bond motifs is 3. The molecule has 49 heavy (non-hydrogen) atoms. The van der Waals surface area contributed by atoms with Crippen LogP contribution in [0.25, 0.3) is 83.9 Å². The van der Waals surface area contributed by atoms with Crippen molar-refractivity contribution in [2.45, 2.75) is 0 Å². The molecule has 4 nitrogen and oxygen atoms in total. The van der Waals surface area contributed by atoms with Gasteiger partial charge in [0.25, 0.3) is 0 Å². The standard InChI is InChI=1S/C45H30N4/c1-4-14-31(15-5-1)33-26-28-35(29-27-33)44-46-43(34-18-8-3-9-19-34)47-45(48-44)39-23-13-25-41-42(39)38-22-10-11-24-40(38)49(41)37-21-12-20-36(30-37)32-16-6-2-7-17-32/h1-30H. The minimum Gasteiger partial charge on any atom is -0.309 e. The molecule has 0 aliphatic heterocycles. The zero-order valence-electron chi connectivity index (χ0n) is 26.6. The van der Waals surface area contributed by atoms with Crippen LogP contribution in [0, 0.1) is 0 Å². The first-order valence-corrected chi connectivity index (χ1v) is 16.5. The Labute approximate surface area is 284 Å². The molecule has 4 heteroatoms. The average Bonchev–Trinajstić information content (AvgIpc) is 3.53. The molecule has 0 atom stereocenters. The molecule has 0 amide bonds. The monoisotopic (exact) mass is 626 g/mol. The smallest absolute Gasteiger partial charge is 0.164 e. The quantitative estimate of drug-likeness (QED) is 0.184. The van der Waals surface area contributed by atoms with Crippen molar-refractivity contribution in [2.75, 3.05) is 0 Å². The van der Waals surface area contributed by atoms with Crippen LogP contribution in [0.2, 0.25) is 0 Å². The molecule has 2 aromatic heterocycles. The normalized spacial score (nSPS) is 11.3. The summed E-state index contributed by atoms with van der Waals surface area (Å²) in [6, 6.07) is 63.3. The predicted octanol–water partition coefficient (Wildman–Crippen LogP) is 11.3. The topological polar surface area (TPSA) is 43.6 Å². The summed E-state index contributed by atoms with van der Waals surface area (Å²) < 4.78 is 2.35. The van der Waals surface area contributed by atoms with Crippen LogP contribution < -0.4 is 0 Å². The molecular weight excluding hydrogens is 597 g/mol. The van der Waals surface area contributed by atoms with Crippen molar-refractivity contribution >= 4 is 21.8 Å². The molecule has 0 aliphatic rings. The third kappa shape index (κ3) is 5.26. The van der Waals surface area contributed by atoms with Gasteiger partial charge in [0.05, 0.1) is 11.0 Å². The Kier molecular flexibility index (Phi) is 7.10. The molecular formula is C45H30N4. The van der Waals surface area contributed by atoms with E-state index in [0.29, 0.717) is 17.5 Å². The minimum absolute atomic E-state index is 0.639. The molecule has 0 saturated heterocycles. The minimum atomic E-state index is 0.639. The van der Waals surface area contributed by atoms with Gasteiger partial charge in [-0.25, -0.2) is 15.0 Å². The first kappa shape index (κ1) is 28.6. The molecule has 2 heterocycles. The van der Waals surface area contributed by atoms with Crippen molar-refractivity contribution in [2.24, 2.45) is 0 Å². The lowest BCUT2D eigenvalue weighted by molar-refractivity contribution is 1.08. The first-order valence-electron chi connectivity index (χ1n) is 16.5. The molecule has 0 radical (unpaired) electrons. The maximum atomic E-state index is 5.16. The zero-order valence-corrected chi connectivity index (χ0v) is 26.6. The number of para-hydroxylation sites is 1. The first-order chi connectivity index (χ1) is 24.3. The molecule has 0 saturated carbocycles. The predicted molar refractivity (Wildman–Crippen MR) is 201 cm³/mol. The van der Waals surface area contributed by atoms with E-state index < -0.39 is 0 Å². The van der Waals surface area contributed by atoms with E-state index in [4.69, 9.17) is 15.0 Å². The van der Waals surface area contributed by atoms with Crippen LogP contribution in [0.1, 0.15) is 0 Å². The summed E-state index contributed by atoms with van der Waals surface area (Å²) in [6.07, 6.45) is 0. The van der Waals surface area contributed by atoms with E-state index in [-0.39, 0.29) is 0 Å². The van der Waals surface area contributed by atoms with E-state index in [1.54, 1.807) is 0 Å². The lowest BCUT2D eigenvalue weighted by Crippen LogP contribution is -2.00. The van der Waals surface area contributed by atoms with Gasteiger partial charge in [-0.2, -0.15) is 0 Å². The van der Waals surface area contributed by atoms with Crippen LogP contribution in [-0.2, 0) is 0 Å². The summed E-state index contributed by atoms with van der Waals surface area (Å²) in [4.78, 5) is 15.3. The molecule has 0 fully saturated rings.